The topological polar surface area (TPSA) is 70.6 Å². The van der Waals surface area contributed by atoms with Gasteiger partial charge in [0.05, 0.1) is 6.61 Å². The number of hydrogen-bond acceptors (Lipinski definition) is 6. The molecule has 1 amide bonds. The van der Waals surface area contributed by atoms with Crippen LogP contribution in [0.25, 0.3) is 0 Å². The van der Waals surface area contributed by atoms with Gasteiger partial charge in [0.25, 0.3) is 0 Å². The highest BCUT2D eigenvalue weighted by Crippen LogP contribution is 2.19. The van der Waals surface area contributed by atoms with E-state index in [1.807, 2.05) is 19.2 Å². The van der Waals surface area contributed by atoms with Crippen LogP contribution >= 0.6 is 0 Å². The fraction of sp³-hybridized carbons (Fsp3) is 0.706. The Morgan fingerprint density at radius 1 is 1.25 bits per heavy atom. The fourth-order valence-corrected chi connectivity index (χ4v) is 3.31. The summed E-state index contributed by atoms with van der Waals surface area (Å²) in [5, 5.41) is 3.50. The van der Waals surface area contributed by atoms with Crippen LogP contribution < -0.4 is 10.2 Å². The van der Waals surface area contributed by atoms with E-state index in [0.29, 0.717) is 12.6 Å². The van der Waals surface area contributed by atoms with Crippen LogP contribution in [0, 0.1) is 0 Å². The largest absolute Gasteiger partial charge is 0.450 e. The molecule has 132 valence electrons. The summed E-state index contributed by atoms with van der Waals surface area (Å²) in [4.78, 5) is 24.9. The molecule has 2 saturated heterocycles. The van der Waals surface area contributed by atoms with E-state index in [0.717, 1.165) is 50.8 Å². The van der Waals surface area contributed by atoms with Crippen LogP contribution in [-0.4, -0.2) is 59.8 Å². The van der Waals surface area contributed by atoms with Crippen molar-refractivity contribution in [2.45, 2.75) is 45.1 Å². The first-order chi connectivity index (χ1) is 11.8. The molecule has 7 nitrogen and oxygen atoms in total. The van der Waals surface area contributed by atoms with Gasteiger partial charge in [0, 0.05) is 38.4 Å². The lowest BCUT2D eigenvalue weighted by Gasteiger charge is -2.32. The predicted molar refractivity (Wildman–Crippen MR) is 93.3 cm³/mol. The van der Waals surface area contributed by atoms with Crippen LogP contribution in [0.15, 0.2) is 12.3 Å². The van der Waals surface area contributed by atoms with Crippen LogP contribution in [0.5, 0.6) is 0 Å². The number of nitrogens with zero attached hydrogens (tertiary/aromatic N) is 4. The quantitative estimate of drug-likeness (QED) is 0.913. The molecule has 1 N–H and O–H groups in total. The second-order valence-corrected chi connectivity index (χ2v) is 6.39. The maximum absolute atomic E-state index is 11.7. The number of aromatic nitrogens is 2. The van der Waals surface area contributed by atoms with Gasteiger partial charge < -0.3 is 19.9 Å². The standard InChI is InChI=1S/C17H27N5O2/c1-2-24-17(23)22-12-7-14(8-13-22)19-15-6-9-18-16(20-15)21-10-4-3-5-11-21/h6,9,14H,2-5,7-8,10-13H2,1H3,(H,18,19,20). The minimum atomic E-state index is -0.203. The normalized spacial score (nSPS) is 19.2. The van der Waals surface area contributed by atoms with Gasteiger partial charge in [-0.15, -0.1) is 0 Å². The molecule has 24 heavy (non-hydrogen) atoms. The molecular weight excluding hydrogens is 306 g/mol. The molecule has 3 heterocycles. The number of likely N-dealkylation sites (tertiary alicyclic amines) is 1. The number of rotatable bonds is 4. The number of piperidine rings is 2. The Labute approximate surface area is 143 Å². The molecule has 0 aliphatic carbocycles. The van der Waals surface area contributed by atoms with Crippen LogP contribution in [0.3, 0.4) is 0 Å². The molecule has 1 aromatic rings. The van der Waals surface area contributed by atoms with Crippen molar-refractivity contribution in [3.05, 3.63) is 12.3 Å². The van der Waals surface area contributed by atoms with Gasteiger partial charge in [-0.2, -0.15) is 4.98 Å². The van der Waals surface area contributed by atoms with Crippen molar-refractivity contribution in [3.63, 3.8) is 0 Å². The highest BCUT2D eigenvalue weighted by Gasteiger charge is 2.24. The maximum atomic E-state index is 11.7. The zero-order chi connectivity index (χ0) is 16.8. The third-order valence-corrected chi connectivity index (χ3v) is 4.65. The zero-order valence-corrected chi connectivity index (χ0v) is 14.4. The summed E-state index contributed by atoms with van der Waals surface area (Å²) in [6.45, 7) is 5.79. The summed E-state index contributed by atoms with van der Waals surface area (Å²) in [5.41, 5.74) is 0. The molecule has 0 spiro atoms. The predicted octanol–water partition coefficient (Wildman–Crippen LogP) is 2.50. The first-order valence-electron chi connectivity index (χ1n) is 9.02. The summed E-state index contributed by atoms with van der Waals surface area (Å²) in [6.07, 6.45) is 7.16. The fourth-order valence-electron chi connectivity index (χ4n) is 3.31. The third kappa shape index (κ3) is 4.27. The molecular formula is C17H27N5O2. The number of carbonyl (C=O) groups is 1. The van der Waals surface area contributed by atoms with Gasteiger partial charge in [-0.3, -0.25) is 0 Å². The summed E-state index contributed by atoms with van der Waals surface area (Å²) >= 11 is 0. The van der Waals surface area contributed by atoms with E-state index < -0.39 is 0 Å². The van der Waals surface area contributed by atoms with E-state index in [1.54, 1.807) is 4.90 Å². The first kappa shape index (κ1) is 16.8. The molecule has 2 aliphatic heterocycles. The zero-order valence-electron chi connectivity index (χ0n) is 14.4. The average Bonchev–Trinajstić information content (AvgIpc) is 2.63. The SMILES string of the molecule is CCOC(=O)N1CCC(Nc2ccnc(N3CCCCC3)n2)CC1. The van der Waals surface area contributed by atoms with Crippen molar-refractivity contribution in [3.8, 4) is 0 Å². The highest BCUT2D eigenvalue weighted by atomic mass is 16.6. The summed E-state index contributed by atoms with van der Waals surface area (Å²) < 4.78 is 5.06. The van der Waals surface area contributed by atoms with E-state index in [-0.39, 0.29) is 6.09 Å². The monoisotopic (exact) mass is 333 g/mol. The summed E-state index contributed by atoms with van der Waals surface area (Å²) in [6, 6.07) is 2.25. The molecule has 0 bridgehead atoms. The molecule has 2 aliphatic rings. The number of carbonyl (C=O) groups excluding carboxylic acids is 1. The number of anilines is 2. The lowest BCUT2D eigenvalue weighted by Crippen LogP contribution is -2.42. The Hall–Kier alpha value is -2.05. The molecule has 0 radical (unpaired) electrons. The summed E-state index contributed by atoms with van der Waals surface area (Å²) in [7, 11) is 0. The molecule has 2 fully saturated rings. The van der Waals surface area contributed by atoms with Crippen LogP contribution in [0.2, 0.25) is 0 Å². The Kier molecular flexibility index (Phi) is 5.72. The van der Waals surface area contributed by atoms with Crippen molar-refractivity contribution in [1.82, 2.24) is 14.9 Å². The Bertz CT molecular complexity index is 540. The van der Waals surface area contributed by atoms with Gasteiger partial charge in [-0.05, 0) is 45.1 Å². The number of hydrogen-bond donors (Lipinski definition) is 1. The van der Waals surface area contributed by atoms with Gasteiger partial charge in [-0.1, -0.05) is 0 Å². The van der Waals surface area contributed by atoms with E-state index in [2.05, 4.69) is 20.2 Å². The van der Waals surface area contributed by atoms with Crippen molar-refractivity contribution in [2.24, 2.45) is 0 Å². The van der Waals surface area contributed by atoms with Gasteiger partial charge in [0.15, 0.2) is 0 Å². The van der Waals surface area contributed by atoms with Gasteiger partial charge in [0.1, 0.15) is 5.82 Å². The molecule has 0 unspecified atom stereocenters. The number of ether oxygens (including phenoxy) is 1. The molecule has 3 rings (SSSR count). The van der Waals surface area contributed by atoms with Gasteiger partial charge >= 0.3 is 6.09 Å². The molecule has 7 heteroatoms. The van der Waals surface area contributed by atoms with Crippen LogP contribution in [0.4, 0.5) is 16.6 Å². The van der Waals surface area contributed by atoms with Crippen LogP contribution in [-0.2, 0) is 4.74 Å². The van der Waals surface area contributed by atoms with Crippen molar-refractivity contribution < 1.29 is 9.53 Å². The number of nitrogens with one attached hydrogen (secondary N) is 1. The minimum absolute atomic E-state index is 0.203. The summed E-state index contributed by atoms with van der Waals surface area (Å²) in [5.74, 6) is 1.70. The van der Waals surface area contributed by atoms with Gasteiger partial charge in [-0.25, -0.2) is 9.78 Å². The molecule has 0 saturated carbocycles. The maximum Gasteiger partial charge on any atom is 0.409 e. The van der Waals surface area contributed by atoms with E-state index in [4.69, 9.17) is 4.74 Å². The lowest BCUT2D eigenvalue weighted by atomic mass is 10.1. The second-order valence-electron chi connectivity index (χ2n) is 6.39. The van der Waals surface area contributed by atoms with Gasteiger partial charge in [0.2, 0.25) is 5.95 Å². The van der Waals surface area contributed by atoms with Crippen LogP contribution in [0.1, 0.15) is 39.0 Å². The molecule has 0 aromatic carbocycles. The average molecular weight is 333 g/mol. The van der Waals surface area contributed by atoms with E-state index in [1.165, 1.54) is 19.3 Å². The molecule has 0 atom stereocenters. The van der Waals surface area contributed by atoms with Crippen molar-refractivity contribution in [1.29, 1.82) is 0 Å². The van der Waals surface area contributed by atoms with Crippen molar-refractivity contribution in [2.75, 3.05) is 43.0 Å². The second kappa shape index (κ2) is 8.17. The lowest BCUT2D eigenvalue weighted by molar-refractivity contribution is 0.0983. The smallest absolute Gasteiger partial charge is 0.409 e. The Balaban J connectivity index is 1.52. The highest BCUT2D eigenvalue weighted by molar-refractivity contribution is 5.67. The Morgan fingerprint density at radius 2 is 2.00 bits per heavy atom. The third-order valence-electron chi connectivity index (χ3n) is 4.65. The van der Waals surface area contributed by atoms with E-state index in [9.17, 15) is 4.79 Å². The first-order valence-corrected chi connectivity index (χ1v) is 9.02. The molecule has 1 aromatic heterocycles. The Morgan fingerprint density at radius 3 is 2.71 bits per heavy atom. The van der Waals surface area contributed by atoms with Crippen molar-refractivity contribution >= 4 is 17.9 Å². The minimum Gasteiger partial charge on any atom is -0.450 e. The number of amides is 1. The van der Waals surface area contributed by atoms with E-state index >= 15 is 0 Å².